The molecule has 0 aromatic heterocycles. The number of unbranched alkanes of at least 4 members (excludes halogenated alkanes) is 1. The van der Waals surface area contributed by atoms with Crippen molar-refractivity contribution in [3.63, 3.8) is 0 Å². The summed E-state index contributed by atoms with van der Waals surface area (Å²) in [7, 11) is 0. The van der Waals surface area contributed by atoms with Crippen molar-refractivity contribution in [2.75, 3.05) is 13.2 Å². The minimum absolute atomic E-state index is 0.0466. The lowest BCUT2D eigenvalue weighted by molar-refractivity contribution is 0.0492. The van der Waals surface area contributed by atoms with Crippen LogP contribution in [0.3, 0.4) is 0 Å². The SMILES string of the molecule is CC(C)(C)OC(=O)N[C@@H](CCO)CCCCOCc1ccccc1. The van der Waals surface area contributed by atoms with Crippen molar-refractivity contribution >= 4 is 6.09 Å². The van der Waals surface area contributed by atoms with Crippen LogP contribution in [-0.2, 0) is 16.1 Å². The maximum Gasteiger partial charge on any atom is 0.407 e. The van der Waals surface area contributed by atoms with Crippen molar-refractivity contribution in [2.45, 2.75) is 64.7 Å². The number of hydrogen-bond acceptors (Lipinski definition) is 4. The second-order valence-electron chi connectivity index (χ2n) is 6.89. The van der Waals surface area contributed by atoms with E-state index in [0.717, 1.165) is 19.3 Å². The van der Waals surface area contributed by atoms with Crippen molar-refractivity contribution in [1.29, 1.82) is 0 Å². The molecule has 0 heterocycles. The minimum atomic E-state index is -0.515. The average molecular weight is 337 g/mol. The molecule has 1 aromatic carbocycles. The summed E-state index contributed by atoms with van der Waals surface area (Å²) in [6, 6.07) is 10.0. The molecule has 0 aliphatic rings. The number of aliphatic hydroxyl groups excluding tert-OH is 1. The van der Waals surface area contributed by atoms with Gasteiger partial charge in [-0.1, -0.05) is 30.3 Å². The number of amides is 1. The highest BCUT2D eigenvalue weighted by molar-refractivity contribution is 5.68. The van der Waals surface area contributed by atoms with Crippen LogP contribution in [0.5, 0.6) is 0 Å². The Bertz CT molecular complexity index is 456. The van der Waals surface area contributed by atoms with Crippen LogP contribution in [0.4, 0.5) is 4.79 Å². The van der Waals surface area contributed by atoms with E-state index in [1.807, 2.05) is 51.1 Å². The Morgan fingerprint density at radius 3 is 2.50 bits per heavy atom. The first kappa shape index (κ1) is 20.5. The molecule has 0 aliphatic carbocycles. The minimum Gasteiger partial charge on any atom is -0.444 e. The Morgan fingerprint density at radius 2 is 1.88 bits per heavy atom. The van der Waals surface area contributed by atoms with E-state index >= 15 is 0 Å². The molecule has 1 rings (SSSR count). The molecule has 0 fully saturated rings. The highest BCUT2D eigenvalue weighted by Crippen LogP contribution is 2.10. The Morgan fingerprint density at radius 1 is 1.17 bits per heavy atom. The first-order valence-corrected chi connectivity index (χ1v) is 8.63. The van der Waals surface area contributed by atoms with E-state index in [0.29, 0.717) is 19.6 Å². The molecule has 0 bridgehead atoms. The van der Waals surface area contributed by atoms with Crippen molar-refractivity contribution in [3.05, 3.63) is 35.9 Å². The van der Waals surface area contributed by atoms with Crippen molar-refractivity contribution in [3.8, 4) is 0 Å². The molecule has 0 aliphatic heterocycles. The third-order valence-corrected chi connectivity index (χ3v) is 3.40. The number of rotatable bonds is 10. The van der Waals surface area contributed by atoms with Gasteiger partial charge >= 0.3 is 6.09 Å². The van der Waals surface area contributed by atoms with Gasteiger partial charge in [-0.2, -0.15) is 0 Å². The Labute approximate surface area is 145 Å². The molecular formula is C19H31NO4. The van der Waals surface area contributed by atoms with Gasteiger partial charge < -0.3 is 19.9 Å². The zero-order chi connectivity index (χ0) is 17.8. The maximum absolute atomic E-state index is 11.8. The predicted octanol–water partition coefficient (Wildman–Crippen LogP) is 3.65. The summed E-state index contributed by atoms with van der Waals surface area (Å²) in [5, 5.41) is 12.0. The standard InChI is InChI=1S/C19H31NO4/c1-19(2,3)24-18(22)20-17(12-13-21)11-7-8-14-23-15-16-9-5-4-6-10-16/h4-6,9-10,17,21H,7-8,11-15H2,1-3H3,(H,20,22)/t17-/m1/s1. The lowest BCUT2D eigenvalue weighted by Gasteiger charge is -2.23. The molecule has 136 valence electrons. The number of benzene rings is 1. The summed E-state index contributed by atoms with van der Waals surface area (Å²) in [5.41, 5.74) is 0.654. The zero-order valence-electron chi connectivity index (χ0n) is 15.1. The molecular weight excluding hydrogens is 306 g/mol. The molecule has 0 unspecified atom stereocenters. The molecule has 1 aromatic rings. The summed E-state index contributed by atoms with van der Waals surface area (Å²) in [6.07, 6.45) is 2.75. The summed E-state index contributed by atoms with van der Waals surface area (Å²) >= 11 is 0. The van der Waals surface area contributed by atoms with Gasteiger partial charge in [0.25, 0.3) is 0 Å². The van der Waals surface area contributed by atoms with E-state index in [2.05, 4.69) is 5.32 Å². The molecule has 0 spiro atoms. The molecule has 2 N–H and O–H groups in total. The zero-order valence-corrected chi connectivity index (χ0v) is 15.1. The van der Waals surface area contributed by atoms with Crippen molar-refractivity contribution in [1.82, 2.24) is 5.32 Å². The quantitative estimate of drug-likeness (QED) is 0.640. The monoisotopic (exact) mass is 337 g/mol. The number of alkyl carbamates (subject to hydrolysis) is 1. The van der Waals surface area contributed by atoms with Crippen LogP contribution < -0.4 is 5.32 Å². The van der Waals surface area contributed by atoms with Crippen molar-refractivity contribution < 1.29 is 19.4 Å². The molecule has 5 nitrogen and oxygen atoms in total. The van der Waals surface area contributed by atoms with Crippen LogP contribution in [-0.4, -0.2) is 36.1 Å². The largest absolute Gasteiger partial charge is 0.444 e. The predicted molar refractivity (Wildman–Crippen MR) is 94.8 cm³/mol. The Balaban J connectivity index is 2.17. The van der Waals surface area contributed by atoms with Gasteiger partial charge in [0.2, 0.25) is 0 Å². The topological polar surface area (TPSA) is 67.8 Å². The fourth-order valence-electron chi connectivity index (χ4n) is 2.28. The molecule has 5 heteroatoms. The molecule has 24 heavy (non-hydrogen) atoms. The van der Waals surface area contributed by atoms with E-state index in [4.69, 9.17) is 14.6 Å². The van der Waals surface area contributed by atoms with Crippen LogP contribution in [0.15, 0.2) is 30.3 Å². The van der Waals surface area contributed by atoms with Crippen LogP contribution in [0.2, 0.25) is 0 Å². The van der Waals surface area contributed by atoms with Gasteiger partial charge in [-0.3, -0.25) is 0 Å². The van der Waals surface area contributed by atoms with Crippen LogP contribution in [0.25, 0.3) is 0 Å². The fraction of sp³-hybridized carbons (Fsp3) is 0.632. The first-order valence-electron chi connectivity index (χ1n) is 8.63. The average Bonchev–Trinajstić information content (AvgIpc) is 2.50. The normalized spacial score (nSPS) is 12.7. The Kier molecular flexibility index (Phi) is 9.42. The molecule has 0 radical (unpaired) electrons. The van der Waals surface area contributed by atoms with Crippen molar-refractivity contribution in [2.24, 2.45) is 0 Å². The summed E-state index contributed by atoms with van der Waals surface area (Å²) < 4.78 is 10.9. The van der Waals surface area contributed by atoms with Gasteiger partial charge in [-0.05, 0) is 52.0 Å². The van der Waals surface area contributed by atoms with Crippen LogP contribution in [0.1, 0.15) is 52.0 Å². The van der Waals surface area contributed by atoms with Gasteiger partial charge in [0, 0.05) is 19.3 Å². The number of aliphatic hydroxyl groups is 1. The number of ether oxygens (including phenoxy) is 2. The number of carbonyl (C=O) groups excluding carboxylic acids is 1. The summed E-state index contributed by atoms with van der Waals surface area (Å²) in [4.78, 5) is 11.8. The highest BCUT2D eigenvalue weighted by Gasteiger charge is 2.19. The second kappa shape index (κ2) is 11.0. The summed E-state index contributed by atoms with van der Waals surface area (Å²) in [5.74, 6) is 0. The Hall–Kier alpha value is -1.59. The molecule has 1 atom stereocenters. The summed E-state index contributed by atoms with van der Waals surface area (Å²) in [6.45, 7) is 6.85. The maximum atomic E-state index is 11.8. The van der Waals surface area contributed by atoms with Gasteiger partial charge in [-0.15, -0.1) is 0 Å². The van der Waals surface area contributed by atoms with Crippen LogP contribution in [0, 0.1) is 0 Å². The van der Waals surface area contributed by atoms with Gasteiger partial charge in [-0.25, -0.2) is 4.79 Å². The van der Waals surface area contributed by atoms with E-state index in [-0.39, 0.29) is 12.6 Å². The molecule has 1 amide bonds. The highest BCUT2D eigenvalue weighted by atomic mass is 16.6. The van der Waals surface area contributed by atoms with E-state index in [1.165, 1.54) is 5.56 Å². The second-order valence-corrected chi connectivity index (χ2v) is 6.89. The number of nitrogens with one attached hydrogen (secondary N) is 1. The fourth-order valence-corrected chi connectivity index (χ4v) is 2.28. The lowest BCUT2D eigenvalue weighted by Crippen LogP contribution is -2.39. The number of hydrogen-bond donors (Lipinski definition) is 2. The first-order chi connectivity index (χ1) is 11.4. The molecule has 0 saturated heterocycles. The number of carbonyl (C=O) groups is 1. The van der Waals surface area contributed by atoms with Gasteiger partial charge in [0.1, 0.15) is 5.60 Å². The van der Waals surface area contributed by atoms with E-state index in [9.17, 15) is 4.79 Å². The third-order valence-electron chi connectivity index (χ3n) is 3.40. The molecule has 0 saturated carbocycles. The smallest absolute Gasteiger partial charge is 0.407 e. The third kappa shape index (κ3) is 10.2. The van der Waals surface area contributed by atoms with Gasteiger partial charge in [0.05, 0.1) is 6.61 Å². The van der Waals surface area contributed by atoms with Crippen LogP contribution >= 0.6 is 0 Å². The van der Waals surface area contributed by atoms with Gasteiger partial charge in [0.15, 0.2) is 0 Å². The van der Waals surface area contributed by atoms with E-state index in [1.54, 1.807) is 0 Å². The van der Waals surface area contributed by atoms with E-state index < -0.39 is 11.7 Å². The lowest BCUT2D eigenvalue weighted by atomic mass is 10.1.